The molecule has 1 heterocycles. The molecular formula is C19H17ClN4O2. The lowest BCUT2D eigenvalue weighted by Gasteiger charge is -2.07. The number of aromatic nitrogens is 2. The zero-order valence-electron chi connectivity index (χ0n) is 14.1. The first-order valence-corrected chi connectivity index (χ1v) is 8.30. The smallest absolute Gasteiger partial charge is 0.285 e. The van der Waals surface area contributed by atoms with Crippen molar-refractivity contribution in [2.45, 2.75) is 13.5 Å². The fourth-order valence-corrected chi connectivity index (χ4v) is 2.27. The molecule has 3 rings (SSSR count). The second kappa shape index (κ2) is 8.31. The minimum absolute atomic E-state index is 0.0111. The van der Waals surface area contributed by atoms with E-state index in [0.717, 1.165) is 16.9 Å². The highest BCUT2D eigenvalue weighted by Gasteiger charge is 2.03. The van der Waals surface area contributed by atoms with Crippen LogP contribution in [0.25, 0.3) is 0 Å². The summed E-state index contributed by atoms with van der Waals surface area (Å²) in [6.45, 7) is 2.57. The van der Waals surface area contributed by atoms with E-state index in [2.05, 4.69) is 51.9 Å². The number of nitrogens with zero attached hydrogens (tertiary/aromatic N) is 2. The van der Waals surface area contributed by atoms with Crippen molar-refractivity contribution >= 4 is 23.5 Å². The minimum atomic E-state index is -0.470. The van der Waals surface area contributed by atoms with Crippen molar-refractivity contribution in [3.8, 4) is 5.75 Å². The Labute approximate surface area is 155 Å². The predicted molar refractivity (Wildman–Crippen MR) is 103 cm³/mol. The number of aromatic amines is 1. The van der Waals surface area contributed by atoms with Crippen molar-refractivity contribution in [2.24, 2.45) is 5.10 Å². The number of hydrazone groups is 1. The van der Waals surface area contributed by atoms with Crippen LogP contribution in [-0.2, 0) is 6.61 Å². The number of ether oxygens (including phenoxy) is 1. The molecule has 0 atom stereocenters. The first kappa shape index (κ1) is 17.7. The van der Waals surface area contributed by atoms with Crippen LogP contribution in [0.4, 0.5) is 5.69 Å². The van der Waals surface area contributed by atoms with Gasteiger partial charge < -0.3 is 4.74 Å². The number of H-pyrrole nitrogens is 1. The number of hydrogen-bond donors (Lipinski definition) is 2. The molecule has 0 radical (unpaired) electrons. The quantitative estimate of drug-likeness (QED) is 0.513. The zero-order chi connectivity index (χ0) is 18.4. The lowest BCUT2D eigenvalue weighted by atomic mass is 10.2. The molecule has 6 nitrogen and oxygen atoms in total. The Balaban J connectivity index is 1.56. The molecular weight excluding hydrogens is 352 g/mol. The molecule has 7 heteroatoms. The van der Waals surface area contributed by atoms with Crippen LogP contribution in [0, 0.1) is 6.92 Å². The van der Waals surface area contributed by atoms with Crippen molar-refractivity contribution in [1.29, 1.82) is 0 Å². The van der Waals surface area contributed by atoms with E-state index in [9.17, 15) is 4.79 Å². The Morgan fingerprint density at radius 2 is 1.92 bits per heavy atom. The van der Waals surface area contributed by atoms with Gasteiger partial charge in [0.25, 0.3) is 5.56 Å². The van der Waals surface area contributed by atoms with E-state index in [1.165, 1.54) is 11.8 Å². The van der Waals surface area contributed by atoms with Gasteiger partial charge in [0.05, 0.1) is 12.4 Å². The fraction of sp³-hybridized carbons (Fsp3) is 0.105. The summed E-state index contributed by atoms with van der Waals surface area (Å²) in [6.07, 6.45) is 3.00. The van der Waals surface area contributed by atoms with Crippen molar-refractivity contribution in [2.75, 3.05) is 5.43 Å². The summed E-state index contributed by atoms with van der Waals surface area (Å²) in [6, 6.07) is 15.7. The van der Waals surface area contributed by atoms with Gasteiger partial charge in [-0.15, -0.1) is 0 Å². The van der Waals surface area contributed by atoms with Crippen molar-refractivity contribution < 1.29 is 4.74 Å². The van der Waals surface area contributed by atoms with Crippen LogP contribution in [0.15, 0.2) is 64.6 Å². The van der Waals surface area contributed by atoms with Gasteiger partial charge in [0.2, 0.25) is 0 Å². The number of benzene rings is 2. The van der Waals surface area contributed by atoms with Gasteiger partial charge in [-0.25, -0.2) is 5.10 Å². The Morgan fingerprint density at radius 1 is 1.19 bits per heavy atom. The summed E-state index contributed by atoms with van der Waals surface area (Å²) in [4.78, 5) is 11.3. The summed E-state index contributed by atoms with van der Waals surface area (Å²) in [5.41, 5.74) is 5.77. The molecule has 0 aliphatic heterocycles. The summed E-state index contributed by atoms with van der Waals surface area (Å²) in [5, 5.41) is 9.96. The molecule has 0 amide bonds. The molecule has 0 bridgehead atoms. The highest BCUT2D eigenvalue weighted by molar-refractivity contribution is 6.32. The Hall–Kier alpha value is -3.12. The van der Waals surface area contributed by atoms with Crippen LogP contribution in [0.5, 0.6) is 5.75 Å². The second-order valence-electron chi connectivity index (χ2n) is 5.64. The second-order valence-corrected chi connectivity index (χ2v) is 6.02. The normalized spacial score (nSPS) is 10.8. The molecule has 0 spiro atoms. The number of aryl methyl sites for hydroxylation is 1. The van der Waals surface area contributed by atoms with Gasteiger partial charge in [0.15, 0.2) is 0 Å². The summed E-state index contributed by atoms with van der Waals surface area (Å²) < 4.78 is 5.77. The molecule has 0 aliphatic carbocycles. The van der Waals surface area contributed by atoms with Gasteiger partial charge in [-0.05, 0) is 42.3 Å². The maximum Gasteiger partial charge on any atom is 0.285 e. The minimum Gasteiger partial charge on any atom is -0.489 e. The SMILES string of the molecule is Cc1ccc(COc2ccc(/C=N\Nc3cn[nH]c(=O)c3Cl)cc2)cc1. The van der Waals surface area contributed by atoms with Crippen molar-refractivity contribution in [3.63, 3.8) is 0 Å². The maximum atomic E-state index is 11.3. The molecule has 2 N–H and O–H groups in total. The average molecular weight is 369 g/mol. The highest BCUT2D eigenvalue weighted by Crippen LogP contribution is 2.15. The molecule has 132 valence electrons. The molecule has 2 aromatic carbocycles. The molecule has 0 aliphatic rings. The van der Waals surface area contributed by atoms with Gasteiger partial charge in [0.1, 0.15) is 23.1 Å². The van der Waals surface area contributed by atoms with Crippen LogP contribution >= 0.6 is 11.6 Å². The summed E-state index contributed by atoms with van der Waals surface area (Å²) >= 11 is 5.85. The van der Waals surface area contributed by atoms with Gasteiger partial charge in [0, 0.05) is 0 Å². The molecule has 0 saturated carbocycles. The molecule has 0 fully saturated rings. The van der Waals surface area contributed by atoms with E-state index < -0.39 is 5.56 Å². The van der Waals surface area contributed by atoms with Crippen LogP contribution < -0.4 is 15.7 Å². The van der Waals surface area contributed by atoms with Crippen LogP contribution in [0.3, 0.4) is 0 Å². The third kappa shape index (κ3) is 4.70. The number of rotatable bonds is 6. The largest absolute Gasteiger partial charge is 0.489 e. The van der Waals surface area contributed by atoms with Gasteiger partial charge in [-0.3, -0.25) is 10.2 Å². The zero-order valence-corrected chi connectivity index (χ0v) is 14.8. The number of halogens is 1. The van der Waals surface area contributed by atoms with Crippen LogP contribution in [0.1, 0.15) is 16.7 Å². The first-order valence-electron chi connectivity index (χ1n) is 7.92. The highest BCUT2D eigenvalue weighted by atomic mass is 35.5. The van der Waals surface area contributed by atoms with Gasteiger partial charge in [-0.2, -0.15) is 10.2 Å². The Kier molecular flexibility index (Phi) is 5.66. The molecule has 0 saturated heterocycles. The molecule has 0 unspecified atom stereocenters. The van der Waals surface area contributed by atoms with E-state index in [4.69, 9.17) is 16.3 Å². The fourth-order valence-electron chi connectivity index (χ4n) is 2.14. The van der Waals surface area contributed by atoms with E-state index in [1.807, 2.05) is 24.3 Å². The molecule has 1 aromatic heterocycles. The Bertz CT molecular complexity index is 951. The predicted octanol–water partition coefficient (Wildman–Crippen LogP) is 3.76. The number of nitrogens with one attached hydrogen (secondary N) is 2. The summed E-state index contributed by atoms with van der Waals surface area (Å²) in [7, 11) is 0. The van der Waals surface area contributed by atoms with E-state index >= 15 is 0 Å². The van der Waals surface area contributed by atoms with E-state index in [1.54, 1.807) is 6.21 Å². The van der Waals surface area contributed by atoms with Crippen molar-refractivity contribution in [1.82, 2.24) is 10.2 Å². The topological polar surface area (TPSA) is 79.4 Å². The number of hydrogen-bond acceptors (Lipinski definition) is 5. The monoisotopic (exact) mass is 368 g/mol. The van der Waals surface area contributed by atoms with Gasteiger partial charge in [-0.1, -0.05) is 41.4 Å². The van der Waals surface area contributed by atoms with Crippen LogP contribution in [-0.4, -0.2) is 16.4 Å². The molecule has 3 aromatic rings. The van der Waals surface area contributed by atoms with Crippen LogP contribution in [0.2, 0.25) is 5.02 Å². The van der Waals surface area contributed by atoms with Crippen molar-refractivity contribution in [3.05, 3.63) is 86.8 Å². The third-order valence-corrected chi connectivity index (χ3v) is 3.98. The maximum absolute atomic E-state index is 11.3. The lowest BCUT2D eigenvalue weighted by molar-refractivity contribution is 0.306. The first-order chi connectivity index (χ1) is 12.6. The van der Waals surface area contributed by atoms with Gasteiger partial charge >= 0.3 is 0 Å². The Morgan fingerprint density at radius 3 is 2.65 bits per heavy atom. The van der Waals surface area contributed by atoms with E-state index in [0.29, 0.717) is 12.3 Å². The standard InChI is InChI=1S/C19H17ClN4O2/c1-13-2-4-15(5-3-13)12-26-16-8-6-14(7-9-16)10-21-23-17-11-22-24-19(25)18(17)20/h2-11H,12H2,1H3,(H2,23,24,25)/b21-10-. The molecule has 26 heavy (non-hydrogen) atoms. The average Bonchev–Trinajstić information content (AvgIpc) is 2.66. The third-order valence-electron chi connectivity index (χ3n) is 3.60. The lowest BCUT2D eigenvalue weighted by Crippen LogP contribution is -2.10. The summed E-state index contributed by atoms with van der Waals surface area (Å²) in [5.74, 6) is 0.775. The number of anilines is 1. The van der Waals surface area contributed by atoms with E-state index in [-0.39, 0.29) is 5.02 Å².